The predicted molar refractivity (Wildman–Crippen MR) is 67.3 cm³/mol. The summed E-state index contributed by atoms with van der Waals surface area (Å²) in [6.07, 6.45) is 0.422. The number of benzene rings is 1. The highest BCUT2D eigenvalue weighted by Gasteiger charge is 2.28. The number of hydrogen-bond donors (Lipinski definition) is 0. The molecule has 0 N–H and O–H groups in total. The minimum absolute atomic E-state index is 0.0305. The number of nitro groups is 1. The number of esters is 1. The molecule has 0 amide bonds. The molecule has 0 aliphatic rings. The van der Waals surface area contributed by atoms with E-state index in [0.717, 1.165) is 0 Å². The van der Waals surface area contributed by atoms with Gasteiger partial charge in [0.2, 0.25) is 0 Å². The van der Waals surface area contributed by atoms with Gasteiger partial charge in [-0.3, -0.25) is 14.9 Å². The third-order valence-electron chi connectivity index (χ3n) is 3.02. The molecule has 0 spiro atoms. The van der Waals surface area contributed by atoms with Crippen LogP contribution >= 0.6 is 0 Å². The van der Waals surface area contributed by atoms with Crippen molar-refractivity contribution in [3.63, 3.8) is 0 Å². The van der Waals surface area contributed by atoms with Crippen molar-refractivity contribution < 1.29 is 14.5 Å². The van der Waals surface area contributed by atoms with Crippen LogP contribution in [0.1, 0.15) is 25.3 Å². The molecule has 6 heteroatoms. The minimum Gasteiger partial charge on any atom is -0.469 e. The number of methoxy groups -OCH3 is 1. The van der Waals surface area contributed by atoms with Crippen molar-refractivity contribution in [2.24, 2.45) is 0 Å². The molecule has 19 heavy (non-hydrogen) atoms. The van der Waals surface area contributed by atoms with Crippen LogP contribution in [0.3, 0.4) is 0 Å². The van der Waals surface area contributed by atoms with E-state index >= 15 is 0 Å². The maximum Gasteiger partial charge on any atom is 0.305 e. The van der Waals surface area contributed by atoms with Crippen molar-refractivity contribution in [1.29, 1.82) is 5.26 Å². The number of non-ortho nitro benzene ring substituents is 1. The highest BCUT2D eigenvalue weighted by atomic mass is 16.6. The van der Waals surface area contributed by atoms with Gasteiger partial charge in [-0.25, -0.2) is 0 Å². The molecule has 1 aromatic rings. The zero-order valence-corrected chi connectivity index (χ0v) is 10.8. The first-order valence-electron chi connectivity index (χ1n) is 5.66. The zero-order valence-electron chi connectivity index (χ0n) is 10.8. The van der Waals surface area contributed by atoms with Gasteiger partial charge in [-0.2, -0.15) is 5.26 Å². The Labute approximate surface area is 110 Å². The van der Waals surface area contributed by atoms with Crippen molar-refractivity contribution >= 4 is 11.7 Å². The van der Waals surface area contributed by atoms with Crippen molar-refractivity contribution in [1.82, 2.24) is 0 Å². The summed E-state index contributed by atoms with van der Waals surface area (Å²) in [4.78, 5) is 21.2. The summed E-state index contributed by atoms with van der Waals surface area (Å²) < 4.78 is 4.54. The molecule has 0 fully saturated rings. The summed E-state index contributed by atoms with van der Waals surface area (Å²) in [6.45, 7) is 1.69. The average molecular weight is 262 g/mol. The second kappa shape index (κ2) is 5.96. The molecule has 0 radical (unpaired) electrons. The van der Waals surface area contributed by atoms with E-state index in [4.69, 9.17) is 0 Å². The Morgan fingerprint density at radius 2 is 2.05 bits per heavy atom. The van der Waals surface area contributed by atoms with Gasteiger partial charge in [0.25, 0.3) is 5.69 Å². The number of carbonyl (C=O) groups is 1. The van der Waals surface area contributed by atoms with Gasteiger partial charge >= 0.3 is 5.97 Å². The SMILES string of the molecule is COC(=O)CCC(C)(C#N)c1ccc([N+](=O)[O-])cc1. The molecule has 0 saturated carbocycles. The lowest BCUT2D eigenvalue weighted by atomic mass is 9.80. The van der Waals surface area contributed by atoms with E-state index in [-0.39, 0.29) is 18.1 Å². The van der Waals surface area contributed by atoms with Gasteiger partial charge in [-0.15, -0.1) is 0 Å². The molecule has 0 aliphatic heterocycles. The Kier molecular flexibility index (Phi) is 4.59. The summed E-state index contributed by atoms with van der Waals surface area (Å²) in [5, 5.41) is 19.8. The van der Waals surface area contributed by atoms with Crippen molar-refractivity contribution in [2.75, 3.05) is 7.11 Å². The number of rotatable bonds is 5. The third kappa shape index (κ3) is 3.52. The Bertz CT molecular complexity index is 518. The van der Waals surface area contributed by atoms with Crippen LogP contribution in [0.2, 0.25) is 0 Å². The second-order valence-electron chi connectivity index (χ2n) is 4.32. The average Bonchev–Trinajstić information content (AvgIpc) is 2.44. The van der Waals surface area contributed by atoms with E-state index in [1.807, 2.05) is 0 Å². The van der Waals surface area contributed by atoms with Gasteiger partial charge in [0, 0.05) is 18.6 Å². The van der Waals surface area contributed by atoms with Gasteiger partial charge in [0.05, 0.1) is 23.5 Å². The van der Waals surface area contributed by atoms with Crippen LogP contribution in [0.15, 0.2) is 24.3 Å². The monoisotopic (exact) mass is 262 g/mol. The Morgan fingerprint density at radius 1 is 1.47 bits per heavy atom. The highest BCUT2D eigenvalue weighted by Crippen LogP contribution is 2.29. The summed E-state index contributed by atoms with van der Waals surface area (Å²) in [5.41, 5.74) is -0.259. The molecule has 1 aromatic carbocycles. The van der Waals surface area contributed by atoms with Gasteiger partial charge in [-0.05, 0) is 18.9 Å². The van der Waals surface area contributed by atoms with Gasteiger partial charge in [0.15, 0.2) is 0 Å². The lowest BCUT2D eigenvalue weighted by Gasteiger charge is -2.21. The number of nitrogens with zero attached hydrogens (tertiary/aromatic N) is 2. The van der Waals surface area contributed by atoms with E-state index < -0.39 is 10.3 Å². The maximum absolute atomic E-state index is 11.1. The van der Waals surface area contributed by atoms with Crippen LogP contribution in [0, 0.1) is 21.4 Å². The fraction of sp³-hybridized carbons (Fsp3) is 0.385. The smallest absolute Gasteiger partial charge is 0.305 e. The zero-order chi connectivity index (χ0) is 14.5. The van der Waals surface area contributed by atoms with Crippen molar-refractivity contribution in [3.05, 3.63) is 39.9 Å². The predicted octanol–water partition coefficient (Wildman–Crippen LogP) is 2.33. The van der Waals surface area contributed by atoms with Gasteiger partial charge in [0.1, 0.15) is 0 Å². The van der Waals surface area contributed by atoms with E-state index in [2.05, 4.69) is 10.8 Å². The van der Waals surface area contributed by atoms with Crippen LogP contribution in [-0.2, 0) is 14.9 Å². The first-order valence-corrected chi connectivity index (χ1v) is 5.66. The summed E-state index contributed by atoms with van der Waals surface area (Å²) >= 11 is 0. The van der Waals surface area contributed by atoms with E-state index in [1.54, 1.807) is 19.1 Å². The van der Waals surface area contributed by atoms with E-state index in [9.17, 15) is 20.2 Å². The summed E-state index contributed by atoms with van der Waals surface area (Å²) in [6, 6.07) is 7.93. The highest BCUT2D eigenvalue weighted by molar-refractivity contribution is 5.69. The summed E-state index contributed by atoms with van der Waals surface area (Å²) in [5.74, 6) is -0.386. The molecule has 1 atom stereocenters. The molecule has 6 nitrogen and oxygen atoms in total. The van der Waals surface area contributed by atoms with Crippen LogP contribution < -0.4 is 0 Å². The molecule has 1 unspecified atom stereocenters. The topological polar surface area (TPSA) is 93.2 Å². The third-order valence-corrected chi connectivity index (χ3v) is 3.02. The number of hydrogen-bond acceptors (Lipinski definition) is 5. The van der Waals surface area contributed by atoms with Gasteiger partial charge in [-0.1, -0.05) is 12.1 Å². The number of nitro benzene ring substituents is 1. The first kappa shape index (κ1) is 14.6. The molecular weight excluding hydrogens is 248 g/mol. The molecule has 0 bridgehead atoms. The molecule has 0 heterocycles. The quantitative estimate of drug-likeness (QED) is 0.461. The van der Waals surface area contributed by atoms with Crippen LogP contribution in [0.25, 0.3) is 0 Å². The number of ether oxygens (including phenoxy) is 1. The van der Waals surface area contributed by atoms with E-state index in [0.29, 0.717) is 12.0 Å². The first-order chi connectivity index (χ1) is 8.92. The normalized spacial score (nSPS) is 13.1. The number of carbonyl (C=O) groups excluding carboxylic acids is 1. The molecular formula is C13H14N2O4. The summed E-state index contributed by atoms with van der Waals surface area (Å²) in [7, 11) is 1.29. The molecule has 0 saturated heterocycles. The second-order valence-corrected chi connectivity index (χ2v) is 4.32. The molecule has 0 aromatic heterocycles. The van der Waals surface area contributed by atoms with E-state index in [1.165, 1.54) is 19.2 Å². The Balaban J connectivity index is 2.92. The largest absolute Gasteiger partial charge is 0.469 e. The molecule has 0 aliphatic carbocycles. The van der Waals surface area contributed by atoms with Crippen molar-refractivity contribution in [2.45, 2.75) is 25.2 Å². The fourth-order valence-electron chi connectivity index (χ4n) is 1.67. The van der Waals surface area contributed by atoms with Crippen molar-refractivity contribution in [3.8, 4) is 6.07 Å². The number of nitriles is 1. The van der Waals surface area contributed by atoms with Crippen LogP contribution in [0.5, 0.6) is 0 Å². The standard InChI is InChI=1S/C13H14N2O4/c1-13(9-14,8-7-12(16)19-2)10-3-5-11(6-4-10)15(17)18/h3-6H,7-8H2,1-2H3. The Morgan fingerprint density at radius 3 is 2.47 bits per heavy atom. The maximum atomic E-state index is 11.1. The Hall–Kier alpha value is -2.42. The van der Waals surface area contributed by atoms with Gasteiger partial charge < -0.3 is 4.74 Å². The lowest BCUT2D eigenvalue weighted by Crippen LogP contribution is -2.21. The minimum atomic E-state index is -0.872. The molecule has 100 valence electrons. The molecule has 1 rings (SSSR count). The van der Waals surface area contributed by atoms with Crippen LogP contribution in [-0.4, -0.2) is 18.0 Å². The fourth-order valence-corrected chi connectivity index (χ4v) is 1.67. The van der Waals surface area contributed by atoms with Crippen LogP contribution in [0.4, 0.5) is 5.69 Å². The lowest BCUT2D eigenvalue weighted by molar-refractivity contribution is -0.384.